The molecule has 2 atom stereocenters. The number of anilines is 1. The largest absolute Gasteiger partial charge is 0.481 e. The van der Waals surface area contributed by atoms with Crippen LogP contribution in [0.4, 0.5) is 5.82 Å². The van der Waals surface area contributed by atoms with Crippen LogP contribution in [0.5, 0.6) is 0 Å². The SMILES string of the molecule is O=C(CN1C[C@@H]2CCC[C@@]2(C(=O)O)C1)Nc1ccc(Br)cn1. The fourth-order valence-corrected chi connectivity index (χ4v) is 3.93. The maximum absolute atomic E-state index is 12.1. The molecule has 0 spiro atoms. The Balaban J connectivity index is 1.59. The molecule has 1 aliphatic heterocycles. The van der Waals surface area contributed by atoms with Crippen molar-refractivity contribution >= 4 is 33.6 Å². The van der Waals surface area contributed by atoms with Crippen LogP contribution < -0.4 is 5.32 Å². The molecule has 3 rings (SSSR count). The number of carboxylic acids is 1. The smallest absolute Gasteiger partial charge is 0.311 e. The number of carboxylic acid groups (broad SMARTS) is 1. The van der Waals surface area contributed by atoms with E-state index in [9.17, 15) is 14.7 Å². The molecular weight excluding hydrogens is 350 g/mol. The van der Waals surface area contributed by atoms with E-state index in [4.69, 9.17) is 0 Å². The van der Waals surface area contributed by atoms with Crippen molar-refractivity contribution in [2.45, 2.75) is 19.3 Å². The van der Waals surface area contributed by atoms with Crippen LogP contribution in [0.2, 0.25) is 0 Å². The van der Waals surface area contributed by atoms with Crippen LogP contribution >= 0.6 is 15.9 Å². The Bertz CT molecular complexity index is 592. The molecule has 1 saturated heterocycles. The predicted molar refractivity (Wildman–Crippen MR) is 84.4 cm³/mol. The van der Waals surface area contributed by atoms with Crippen molar-refractivity contribution in [2.75, 3.05) is 25.0 Å². The normalized spacial score (nSPS) is 27.6. The number of aliphatic carboxylic acids is 1. The molecule has 2 aliphatic rings. The Labute approximate surface area is 137 Å². The van der Waals surface area contributed by atoms with Gasteiger partial charge < -0.3 is 10.4 Å². The minimum Gasteiger partial charge on any atom is -0.481 e. The lowest BCUT2D eigenvalue weighted by molar-refractivity contribution is -0.149. The standard InChI is InChI=1S/C15H18BrN3O3/c16-11-3-4-12(17-6-11)18-13(20)8-19-7-10-2-1-5-15(10,9-19)14(21)22/h3-4,6,10H,1-2,5,7-9H2,(H,21,22)(H,17,18,20)/t10-,15+/m0/s1. The summed E-state index contributed by atoms with van der Waals surface area (Å²) in [7, 11) is 0. The van der Waals surface area contributed by atoms with E-state index in [1.807, 2.05) is 11.0 Å². The van der Waals surface area contributed by atoms with Crippen molar-refractivity contribution in [3.63, 3.8) is 0 Å². The molecule has 0 radical (unpaired) electrons. The molecule has 0 bridgehead atoms. The molecule has 2 fully saturated rings. The van der Waals surface area contributed by atoms with Gasteiger partial charge in [-0.25, -0.2) is 4.98 Å². The van der Waals surface area contributed by atoms with Gasteiger partial charge in [0.25, 0.3) is 0 Å². The molecule has 0 unspecified atom stereocenters. The van der Waals surface area contributed by atoms with Crippen LogP contribution in [0.15, 0.2) is 22.8 Å². The number of amides is 1. The number of carbonyl (C=O) groups is 2. The summed E-state index contributed by atoms with van der Waals surface area (Å²) < 4.78 is 0.848. The van der Waals surface area contributed by atoms with Gasteiger partial charge in [-0.1, -0.05) is 6.42 Å². The van der Waals surface area contributed by atoms with Crippen molar-refractivity contribution in [2.24, 2.45) is 11.3 Å². The average molecular weight is 368 g/mol. The van der Waals surface area contributed by atoms with Gasteiger partial charge in [-0.05, 0) is 46.8 Å². The average Bonchev–Trinajstić information content (AvgIpc) is 2.99. The topological polar surface area (TPSA) is 82.5 Å². The van der Waals surface area contributed by atoms with Gasteiger partial charge in [-0.2, -0.15) is 0 Å². The first-order valence-electron chi connectivity index (χ1n) is 7.37. The number of rotatable bonds is 4. The number of pyridine rings is 1. The molecule has 2 N–H and O–H groups in total. The zero-order valence-corrected chi connectivity index (χ0v) is 13.7. The highest BCUT2D eigenvalue weighted by molar-refractivity contribution is 9.10. The Hall–Kier alpha value is -1.47. The fraction of sp³-hybridized carbons (Fsp3) is 0.533. The molecule has 1 aromatic heterocycles. The summed E-state index contributed by atoms with van der Waals surface area (Å²) in [5, 5.41) is 12.3. The lowest BCUT2D eigenvalue weighted by Crippen LogP contribution is -2.37. The van der Waals surface area contributed by atoms with Crippen LogP contribution in [0.1, 0.15) is 19.3 Å². The van der Waals surface area contributed by atoms with Crippen LogP contribution in [0.25, 0.3) is 0 Å². The Morgan fingerprint density at radius 1 is 1.50 bits per heavy atom. The first-order valence-corrected chi connectivity index (χ1v) is 8.16. The second-order valence-corrected chi connectivity index (χ2v) is 7.05. The molecule has 7 heteroatoms. The van der Waals surface area contributed by atoms with E-state index >= 15 is 0 Å². The predicted octanol–water partition coefficient (Wildman–Crippen LogP) is 1.97. The summed E-state index contributed by atoms with van der Waals surface area (Å²) in [6, 6.07) is 3.53. The molecular formula is C15H18BrN3O3. The first kappa shape index (κ1) is 15.4. The molecule has 6 nitrogen and oxygen atoms in total. The van der Waals surface area contributed by atoms with Gasteiger partial charge in [0.1, 0.15) is 5.82 Å². The van der Waals surface area contributed by atoms with Gasteiger partial charge in [0, 0.05) is 23.8 Å². The van der Waals surface area contributed by atoms with Crippen LogP contribution in [-0.4, -0.2) is 46.5 Å². The first-order chi connectivity index (χ1) is 10.5. The number of hydrogen-bond donors (Lipinski definition) is 2. The lowest BCUT2D eigenvalue weighted by atomic mass is 9.81. The maximum atomic E-state index is 12.1. The Morgan fingerprint density at radius 2 is 2.32 bits per heavy atom. The van der Waals surface area contributed by atoms with Gasteiger partial charge in [-0.15, -0.1) is 0 Å². The summed E-state index contributed by atoms with van der Waals surface area (Å²) in [4.78, 5) is 29.8. The van der Waals surface area contributed by atoms with Crippen LogP contribution in [0, 0.1) is 11.3 Å². The molecule has 1 aromatic rings. The van der Waals surface area contributed by atoms with Gasteiger partial charge in [0.2, 0.25) is 5.91 Å². The molecule has 2 heterocycles. The van der Waals surface area contributed by atoms with Gasteiger partial charge in [0.05, 0.1) is 12.0 Å². The number of hydrogen-bond acceptors (Lipinski definition) is 4. The third kappa shape index (κ3) is 2.87. The Morgan fingerprint density at radius 3 is 2.95 bits per heavy atom. The van der Waals surface area contributed by atoms with Crippen molar-refractivity contribution in [1.82, 2.24) is 9.88 Å². The highest BCUT2D eigenvalue weighted by Crippen LogP contribution is 2.48. The molecule has 118 valence electrons. The highest BCUT2D eigenvalue weighted by atomic mass is 79.9. The number of likely N-dealkylation sites (tertiary alicyclic amines) is 1. The molecule has 22 heavy (non-hydrogen) atoms. The van der Waals surface area contributed by atoms with E-state index < -0.39 is 11.4 Å². The van der Waals surface area contributed by atoms with Crippen LogP contribution in [0.3, 0.4) is 0 Å². The number of nitrogens with one attached hydrogen (secondary N) is 1. The zero-order valence-electron chi connectivity index (χ0n) is 12.1. The minimum atomic E-state index is -0.715. The summed E-state index contributed by atoms with van der Waals surface area (Å²) in [6.07, 6.45) is 4.26. The van der Waals surface area contributed by atoms with Crippen molar-refractivity contribution < 1.29 is 14.7 Å². The Kier molecular flexibility index (Phi) is 4.18. The maximum Gasteiger partial charge on any atom is 0.311 e. The van der Waals surface area contributed by atoms with E-state index in [1.165, 1.54) is 0 Å². The number of carbonyl (C=O) groups excluding carboxylic acids is 1. The number of fused-ring (bicyclic) bond motifs is 1. The molecule has 1 amide bonds. The van der Waals surface area contributed by atoms with E-state index in [2.05, 4.69) is 26.2 Å². The summed E-state index contributed by atoms with van der Waals surface area (Å²) in [6.45, 7) is 1.37. The molecule has 1 saturated carbocycles. The number of aromatic nitrogens is 1. The number of nitrogens with zero attached hydrogens (tertiary/aromatic N) is 2. The molecule has 1 aliphatic carbocycles. The second-order valence-electron chi connectivity index (χ2n) is 6.13. The zero-order chi connectivity index (χ0) is 15.7. The van der Waals surface area contributed by atoms with Gasteiger partial charge in [-0.3, -0.25) is 14.5 Å². The highest BCUT2D eigenvalue weighted by Gasteiger charge is 2.54. The summed E-state index contributed by atoms with van der Waals surface area (Å²) >= 11 is 3.29. The van der Waals surface area contributed by atoms with E-state index in [-0.39, 0.29) is 18.4 Å². The minimum absolute atomic E-state index is 0.157. The van der Waals surface area contributed by atoms with Crippen molar-refractivity contribution in [3.05, 3.63) is 22.8 Å². The second kappa shape index (κ2) is 5.96. The van der Waals surface area contributed by atoms with Crippen LogP contribution in [-0.2, 0) is 9.59 Å². The van der Waals surface area contributed by atoms with E-state index in [0.717, 1.165) is 23.7 Å². The third-order valence-electron chi connectivity index (χ3n) is 4.73. The quantitative estimate of drug-likeness (QED) is 0.849. The lowest BCUT2D eigenvalue weighted by Gasteiger charge is -2.23. The van der Waals surface area contributed by atoms with Crippen molar-refractivity contribution in [3.8, 4) is 0 Å². The van der Waals surface area contributed by atoms with Crippen molar-refractivity contribution in [1.29, 1.82) is 0 Å². The fourth-order valence-electron chi connectivity index (χ4n) is 3.70. The van der Waals surface area contributed by atoms with Gasteiger partial charge >= 0.3 is 5.97 Å². The summed E-state index contributed by atoms with van der Waals surface area (Å²) in [5.74, 6) is -0.202. The third-order valence-corrected chi connectivity index (χ3v) is 5.20. The van der Waals surface area contributed by atoms with E-state index in [0.29, 0.717) is 18.9 Å². The summed E-state index contributed by atoms with van der Waals surface area (Å²) in [5.41, 5.74) is -0.643. The monoisotopic (exact) mass is 367 g/mol. The van der Waals surface area contributed by atoms with Gasteiger partial charge in [0.15, 0.2) is 0 Å². The number of halogens is 1. The molecule has 0 aromatic carbocycles. The van der Waals surface area contributed by atoms with E-state index in [1.54, 1.807) is 12.3 Å².